The molecular weight excluding hydrogens is 260 g/mol. The minimum Gasteiger partial charge on any atom is -0.247 e. The van der Waals surface area contributed by atoms with Gasteiger partial charge in [0.2, 0.25) is 0 Å². The van der Waals surface area contributed by atoms with Crippen molar-refractivity contribution < 1.29 is 0 Å². The fraction of sp³-hybridized carbons (Fsp3) is 0.643. The highest BCUT2D eigenvalue weighted by Gasteiger charge is 2.23. The first-order chi connectivity index (χ1) is 9.28. The molecule has 1 aliphatic rings. The third kappa shape index (κ3) is 2.89. The van der Waals surface area contributed by atoms with Gasteiger partial charge in [0, 0.05) is 13.0 Å². The van der Waals surface area contributed by atoms with Gasteiger partial charge in [0.05, 0.1) is 11.6 Å². The van der Waals surface area contributed by atoms with E-state index in [-0.39, 0.29) is 0 Å². The lowest BCUT2D eigenvalue weighted by atomic mass is 10.2. The van der Waals surface area contributed by atoms with E-state index in [9.17, 15) is 0 Å². The van der Waals surface area contributed by atoms with E-state index >= 15 is 0 Å². The number of hydrogen-bond acceptors (Lipinski definition) is 3. The van der Waals surface area contributed by atoms with Gasteiger partial charge in [0.15, 0.2) is 5.65 Å². The molecule has 0 saturated heterocycles. The predicted molar refractivity (Wildman–Crippen MR) is 76.3 cm³/mol. The van der Waals surface area contributed by atoms with Gasteiger partial charge < -0.3 is 0 Å². The SMILES string of the molecule is CCCCCn1ncc2c(Cl)nc(CC3CC3)nc21. The molecule has 0 aliphatic heterocycles. The number of unbranched alkanes of at least 4 members (excludes halogenated alkanes) is 2. The van der Waals surface area contributed by atoms with Crippen LogP contribution in [0.2, 0.25) is 5.15 Å². The number of rotatable bonds is 6. The van der Waals surface area contributed by atoms with Crippen molar-refractivity contribution in [1.29, 1.82) is 0 Å². The Morgan fingerprint density at radius 3 is 2.89 bits per heavy atom. The van der Waals surface area contributed by atoms with E-state index in [0.717, 1.165) is 42.2 Å². The normalized spacial score (nSPS) is 15.3. The van der Waals surface area contributed by atoms with Crippen LogP contribution in [0.3, 0.4) is 0 Å². The molecule has 3 rings (SSSR count). The van der Waals surface area contributed by atoms with Crippen LogP contribution in [0, 0.1) is 5.92 Å². The molecular formula is C14H19ClN4. The average Bonchev–Trinajstić information content (AvgIpc) is 3.10. The zero-order valence-corrected chi connectivity index (χ0v) is 12.0. The van der Waals surface area contributed by atoms with Crippen LogP contribution >= 0.6 is 11.6 Å². The van der Waals surface area contributed by atoms with Crippen LogP contribution < -0.4 is 0 Å². The Labute approximate surface area is 118 Å². The van der Waals surface area contributed by atoms with Crippen LogP contribution in [0.25, 0.3) is 11.0 Å². The molecule has 2 aromatic rings. The molecule has 102 valence electrons. The molecule has 0 radical (unpaired) electrons. The van der Waals surface area contributed by atoms with Gasteiger partial charge in [-0.3, -0.25) is 0 Å². The number of fused-ring (bicyclic) bond motifs is 1. The maximum atomic E-state index is 6.24. The van der Waals surface area contributed by atoms with E-state index in [2.05, 4.69) is 22.0 Å². The van der Waals surface area contributed by atoms with E-state index in [1.54, 1.807) is 6.20 Å². The summed E-state index contributed by atoms with van der Waals surface area (Å²) in [7, 11) is 0. The Morgan fingerprint density at radius 1 is 1.32 bits per heavy atom. The van der Waals surface area contributed by atoms with Crippen molar-refractivity contribution in [3.63, 3.8) is 0 Å². The van der Waals surface area contributed by atoms with Crippen LogP contribution in [0.1, 0.15) is 44.9 Å². The summed E-state index contributed by atoms with van der Waals surface area (Å²) >= 11 is 6.24. The van der Waals surface area contributed by atoms with Gasteiger partial charge >= 0.3 is 0 Å². The zero-order chi connectivity index (χ0) is 13.2. The van der Waals surface area contributed by atoms with Gasteiger partial charge in [-0.2, -0.15) is 5.10 Å². The number of nitrogens with zero attached hydrogens (tertiary/aromatic N) is 4. The van der Waals surface area contributed by atoms with Crippen LogP contribution in [-0.2, 0) is 13.0 Å². The minimum atomic E-state index is 0.544. The second-order valence-corrected chi connectivity index (χ2v) is 5.75. The van der Waals surface area contributed by atoms with Crippen molar-refractivity contribution in [2.75, 3.05) is 0 Å². The first kappa shape index (κ1) is 12.9. The summed E-state index contributed by atoms with van der Waals surface area (Å²) in [6.07, 6.45) is 8.90. The second kappa shape index (κ2) is 5.45. The first-order valence-electron chi connectivity index (χ1n) is 7.16. The maximum absolute atomic E-state index is 6.24. The zero-order valence-electron chi connectivity index (χ0n) is 11.3. The van der Waals surface area contributed by atoms with Gasteiger partial charge in [0.1, 0.15) is 11.0 Å². The van der Waals surface area contributed by atoms with Crippen LogP contribution in [0.15, 0.2) is 6.20 Å². The van der Waals surface area contributed by atoms with Gasteiger partial charge in [-0.1, -0.05) is 31.4 Å². The molecule has 0 amide bonds. The number of aromatic nitrogens is 4. The molecule has 19 heavy (non-hydrogen) atoms. The Bertz CT molecular complexity index is 574. The molecule has 0 aromatic carbocycles. The summed E-state index contributed by atoms with van der Waals surface area (Å²) in [5, 5.41) is 5.81. The van der Waals surface area contributed by atoms with E-state index in [1.165, 1.54) is 25.7 Å². The van der Waals surface area contributed by atoms with Gasteiger partial charge in [0.25, 0.3) is 0 Å². The molecule has 2 heterocycles. The molecule has 0 unspecified atom stereocenters. The maximum Gasteiger partial charge on any atom is 0.163 e. The quantitative estimate of drug-likeness (QED) is 0.599. The van der Waals surface area contributed by atoms with E-state index in [4.69, 9.17) is 11.6 Å². The number of halogens is 1. The molecule has 5 heteroatoms. The monoisotopic (exact) mass is 278 g/mol. The molecule has 1 aliphatic carbocycles. The van der Waals surface area contributed by atoms with Gasteiger partial charge in [-0.25, -0.2) is 14.6 Å². The summed E-state index contributed by atoms with van der Waals surface area (Å²) < 4.78 is 1.97. The Kier molecular flexibility index (Phi) is 3.69. The molecule has 2 aromatic heterocycles. The van der Waals surface area contributed by atoms with Crippen molar-refractivity contribution in [2.45, 2.75) is 52.0 Å². The lowest BCUT2D eigenvalue weighted by molar-refractivity contribution is 0.563. The standard InChI is InChI=1S/C14H19ClN4/c1-2-3-4-7-19-14-11(9-16-19)13(15)17-12(18-14)8-10-5-6-10/h9-10H,2-8H2,1H3. The fourth-order valence-corrected chi connectivity index (χ4v) is 2.54. The second-order valence-electron chi connectivity index (χ2n) is 5.39. The third-order valence-corrected chi connectivity index (χ3v) is 3.93. The van der Waals surface area contributed by atoms with Crippen LogP contribution in [-0.4, -0.2) is 19.7 Å². The predicted octanol–water partition coefficient (Wildman–Crippen LogP) is 3.62. The Balaban J connectivity index is 1.87. The van der Waals surface area contributed by atoms with Crippen molar-refractivity contribution in [1.82, 2.24) is 19.7 Å². The summed E-state index contributed by atoms with van der Waals surface area (Å²) in [5.41, 5.74) is 0.895. The molecule has 0 atom stereocenters. The summed E-state index contributed by atoms with van der Waals surface area (Å²) in [6, 6.07) is 0. The topological polar surface area (TPSA) is 43.6 Å². The largest absolute Gasteiger partial charge is 0.247 e. The Morgan fingerprint density at radius 2 is 2.16 bits per heavy atom. The van der Waals surface area contributed by atoms with Crippen LogP contribution in [0.4, 0.5) is 0 Å². The van der Waals surface area contributed by atoms with Crippen molar-refractivity contribution in [2.24, 2.45) is 5.92 Å². The van der Waals surface area contributed by atoms with E-state index in [1.807, 2.05) is 4.68 Å². The summed E-state index contributed by atoms with van der Waals surface area (Å²) in [5.74, 6) is 1.64. The average molecular weight is 279 g/mol. The lowest BCUT2D eigenvalue weighted by Crippen LogP contribution is -2.04. The molecule has 0 N–H and O–H groups in total. The molecule has 0 spiro atoms. The summed E-state index contributed by atoms with van der Waals surface area (Å²) in [4.78, 5) is 9.05. The molecule has 1 fully saturated rings. The van der Waals surface area contributed by atoms with E-state index in [0.29, 0.717) is 5.15 Å². The smallest absolute Gasteiger partial charge is 0.163 e. The summed E-state index contributed by atoms with van der Waals surface area (Å²) in [6.45, 7) is 3.11. The number of aryl methyl sites for hydroxylation is 1. The highest BCUT2D eigenvalue weighted by Crippen LogP contribution is 2.32. The fourth-order valence-electron chi connectivity index (χ4n) is 2.31. The molecule has 4 nitrogen and oxygen atoms in total. The van der Waals surface area contributed by atoms with Crippen molar-refractivity contribution >= 4 is 22.6 Å². The third-order valence-electron chi connectivity index (χ3n) is 3.64. The highest BCUT2D eigenvalue weighted by atomic mass is 35.5. The molecule has 1 saturated carbocycles. The number of hydrogen-bond donors (Lipinski definition) is 0. The lowest BCUT2D eigenvalue weighted by Gasteiger charge is -2.04. The van der Waals surface area contributed by atoms with E-state index < -0.39 is 0 Å². The van der Waals surface area contributed by atoms with Crippen molar-refractivity contribution in [3.8, 4) is 0 Å². The van der Waals surface area contributed by atoms with Gasteiger partial charge in [-0.15, -0.1) is 0 Å². The van der Waals surface area contributed by atoms with Crippen molar-refractivity contribution in [3.05, 3.63) is 17.2 Å². The molecule has 0 bridgehead atoms. The minimum absolute atomic E-state index is 0.544. The first-order valence-corrected chi connectivity index (χ1v) is 7.53. The van der Waals surface area contributed by atoms with Crippen LogP contribution in [0.5, 0.6) is 0 Å². The van der Waals surface area contributed by atoms with Gasteiger partial charge in [-0.05, 0) is 25.2 Å². The highest BCUT2D eigenvalue weighted by molar-refractivity contribution is 6.33. The Hall–Kier alpha value is -1.16.